The molecular weight excluding hydrogens is 276 g/mol. The number of benzene rings is 1. The van der Waals surface area contributed by atoms with Crippen LogP contribution in [0.2, 0.25) is 0 Å². The molecule has 118 valence electrons. The highest BCUT2D eigenvalue weighted by atomic mass is 16.5. The molecule has 1 heterocycles. The Morgan fingerprint density at radius 1 is 1.05 bits per heavy atom. The first-order valence-electron chi connectivity index (χ1n) is 7.87. The summed E-state index contributed by atoms with van der Waals surface area (Å²) in [4.78, 5) is 0. The van der Waals surface area contributed by atoms with Gasteiger partial charge in [0.1, 0.15) is 0 Å². The van der Waals surface area contributed by atoms with Crippen LogP contribution in [-0.4, -0.2) is 24.4 Å². The summed E-state index contributed by atoms with van der Waals surface area (Å²) in [5.74, 6) is 1.52. The fourth-order valence-electron chi connectivity index (χ4n) is 3.36. The van der Waals surface area contributed by atoms with Crippen molar-refractivity contribution in [1.29, 1.82) is 0 Å². The van der Waals surface area contributed by atoms with Crippen molar-refractivity contribution in [3.8, 4) is 11.5 Å². The number of hydrogen-bond donors (Lipinski definition) is 1. The van der Waals surface area contributed by atoms with E-state index in [1.165, 1.54) is 29.7 Å². The van der Waals surface area contributed by atoms with E-state index in [9.17, 15) is 0 Å². The van der Waals surface area contributed by atoms with Crippen molar-refractivity contribution in [2.24, 2.45) is 0 Å². The summed E-state index contributed by atoms with van der Waals surface area (Å²) < 4.78 is 10.8. The maximum atomic E-state index is 5.45. The number of aromatic amines is 1. The molecule has 0 saturated carbocycles. The molecule has 0 atom stereocenters. The Morgan fingerprint density at radius 2 is 1.77 bits per heavy atom. The number of H-pyrrole nitrogens is 1. The predicted molar refractivity (Wildman–Crippen MR) is 86.9 cm³/mol. The van der Waals surface area contributed by atoms with E-state index in [0.29, 0.717) is 0 Å². The molecule has 1 N–H and O–H groups in total. The monoisotopic (exact) mass is 300 g/mol. The standard InChI is InChI=1S/C18H24N2O2/c1-18(2,12-9-10-15(21-3)16(11-12)22-4)17-13-7-5-6-8-14(13)19-20-17/h9-11H,5-8H2,1-4H3,(H,19,20). The quantitative estimate of drug-likeness (QED) is 0.938. The van der Waals surface area contributed by atoms with Crippen molar-refractivity contribution in [1.82, 2.24) is 10.2 Å². The van der Waals surface area contributed by atoms with Crippen LogP contribution in [0.1, 0.15) is 49.2 Å². The number of methoxy groups -OCH3 is 2. The maximum absolute atomic E-state index is 5.45. The SMILES string of the molecule is COc1ccc(C(C)(C)c2n[nH]c3c2CCCC3)cc1OC. The molecule has 0 radical (unpaired) electrons. The van der Waals surface area contributed by atoms with Crippen LogP contribution in [0.3, 0.4) is 0 Å². The molecule has 0 spiro atoms. The topological polar surface area (TPSA) is 47.1 Å². The van der Waals surface area contributed by atoms with Crippen molar-refractivity contribution < 1.29 is 9.47 Å². The lowest BCUT2D eigenvalue weighted by atomic mass is 9.77. The first-order chi connectivity index (χ1) is 10.6. The molecule has 22 heavy (non-hydrogen) atoms. The molecule has 1 aromatic heterocycles. The van der Waals surface area contributed by atoms with Gasteiger partial charge in [-0.15, -0.1) is 0 Å². The van der Waals surface area contributed by atoms with Gasteiger partial charge in [-0.25, -0.2) is 0 Å². The van der Waals surface area contributed by atoms with E-state index < -0.39 is 0 Å². The lowest BCUT2D eigenvalue weighted by Crippen LogP contribution is -2.22. The average Bonchev–Trinajstić information content (AvgIpc) is 2.98. The molecule has 0 saturated heterocycles. The second-order valence-corrected chi connectivity index (χ2v) is 6.43. The number of nitrogens with zero attached hydrogens (tertiary/aromatic N) is 1. The van der Waals surface area contributed by atoms with Crippen molar-refractivity contribution in [2.45, 2.75) is 44.9 Å². The van der Waals surface area contributed by atoms with Crippen LogP contribution >= 0.6 is 0 Å². The van der Waals surface area contributed by atoms with Crippen LogP contribution in [0.4, 0.5) is 0 Å². The number of aromatic nitrogens is 2. The molecule has 4 heteroatoms. The molecule has 0 amide bonds. The molecule has 4 nitrogen and oxygen atoms in total. The predicted octanol–water partition coefficient (Wildman–Crippen LogP) is 3.63. The summed E-state index contributed by atoms with van der Waals surface area (Å²) in [6.07, 6.45) is 4.75. The third-order valence-corrected chi connectivity index (χ3v) is 4.75. The normalized spacial score (nSPS) is 14.5. The number of aryl methyl sites for hydroxylation is 1. The molecule has 1 aromatic carbocycles. The van der Waals surface area contributed by atoms with E-state index in [1.807, 2.05) is 6.07 Å². The van der Waals surface area contributed by atoms with E-state index in [2.05, 4.69) is 36.2 Å². The largest absolute Gasteiger partial charge is 0.493 e. The Kier molecular flexibility index (Phi) is 3.85. The zero-order valence-corrected chi connectivity index (χ0v) is 13.8. The third kappa shape index (κ3) is 2.36. The number of nitrogens with one attached hydrogen (secondary N) is 1. The van der Waals surface area contributed by atoms with Gasteiger partial charge in [-0.2, -0.15) is 5.10 Å². The maximum Gasteiger partial charge on any atom is 0.161 e. The lowest BCUT2D eigenvalue weighted by molar-refractivity contribution is 0.353. The van der Waals surface area contributed by atoms with Gasteiger partial charge in [-0.05, 0) is 48.9 Å². The van der Waals surface area contributed by atoms with Crippen LogP contribution in [0.5, 0.6) is 11.5 Å². The molecule has 0 bridgehead atoms. The van der Waals surface area contributed by atoms with Crippen LogP contribution < -0.4 is 9.47 Å². The number of fused-ring (bicyclic) bond motifs is 1. The molecule has 1 aliphatic carbocycles. The minimum atomic E-state index is -0.166. The Hall–Kier alpha value is -1.97. The lowest BCUT2D eigenvalue weighted by Gasteiger charge is -2.26. The summed E-state index contributed by atoms with van der Waals surface area (Å²) in [7, 11) is 3.33. The Bertz CT molecular complexity index is 674. The van der Waals surface area contributed by atoms with Gasteiger partial charge in [0, 0.05) is 11.1 Å². The van der Waals surface area contributed by atoms with Gasteiger partial charge in [0.15, 0.2) is 11.5 Å². The third-order valence-electron chi connectivity index (χ3n) is 4.75. The van der Waals surface area contributed by atoms with E-state index in [0.717, 1.165) is 30.0 Å². The second-order valence-electron chi connectivity index (χ2n) is 6.43. The first kappa shape index (κ1) is 14.9. The summed E-state index contributed by atoms with van der Waals surface area (Å²) in [6.45, 7) is 4.44. The van der Waals surface area contributed by atoms with E-state index >= 15 is 0 Å². The van der Waals surface area contributed by atoms with Gasteiger partial charge in [0.05, 0.1) is 19.9 Å². The molecule has 2 aromatic rings. The van der Waals surface area contributed by atoms with Gasteiger partial charge in [-0.3, -0.25) is 5.10 Å². The van der Waals surface area contributed by atoms with E-state index in [-0.39, 0.29) is 5.41 Å². The Balaban J connectivity index is 2.04. The van der Waals surface area contributed by atoms with Crippen molar-refractivity contribution >= 4 is 0 Å². The van der Waals surface area contributed by atoms with E-state index in [4.69, 9.17) is 9.47 Å². The highest BCUT2D eigenvalue weighted by Crippen LogP contribution is 2.39. The fourth-order valence-corrected chi connectivity index (χ4v) is 3.36. The Morgan fingerprint density at radius 3 is 2.50 bits per heavy atom. The Labute approximate surface area is 131 Å². The van der Waals surface area contributed by atoms with Gasteiger partial charge in [0.2, 0.25) is 0 Å². The molecule has 0 unspecified atom stereocenters. The smallest absolute Gasteiger partial charge is 0.161 e. The molecule has 0 aliphatic heterocycles. The highest BCUT2D eigenvalue weighted by molar-refractivity contribution is 5.48. The van der Waals surface area contributed by atoms with Gasteiger partial charge >= 0.3 is 0 Å². The second kappa shape index (κ2) is 5.67. The zero-order valence-electron chi connectivity index (χ0n) is 13.8. The molecule has 3 rings (SSSR count). The number of rotatable bonds is 4. The van der Waals surface area contributed by atoms with Crippen LogP contribution in [0, 0.1) is 0 Å². The van der Waals surface area contributed by atoms with E-state index in [1.54, 1.807) is 14.2 Å². The van der Waals surface area contributed by atoms with Crippen LogP contribution in [0.15, 0.2) is 18.2 Å². The van der Waals surface area contributed by atoms with Crippen LogP contribution in [0.25, 0.3) is 0 Å². The van der Waals surface area contributed by atoms with Crippen LogP contribution in [-0.2, 0) is 18.3 Å². The van der Waals surface area contributed by atoms with Gasteiger partial charge in [-0.1, -0.05) is 19.9 Å². The molecular formula is C18H24N2O2. The van der Waals surface area contributed by atoms with Crippen molar-refractivity contribution in [3.05, 3.63) is 40.7 Å². The summed E-state index contributed by atoms with van der Waals surface area (Å²) >= 11 is 0. The summed E-state index contributed by atoms with van der Waals surface area (Å²) in [6, 6.07) is 6.13. The first-order valence-corrected chi connectivity index (χ1v) is 7.87. The van der Waals surface area contributed by atoms with Crippen molar-refractivity contribution in [2.75, 3.05) is 14.2 Å². The average molecular weight is 300 g/mol. The van der Waals surface area contributed by atoms with Crippen molar-refractivity contribution in [3.63, 3.8) is 0 Å². The summed E-state index contributed by atoms with van der Waals surface area (Å²) in [5.41, 5.74) is 4.90. The fraction of sp³-hybridized carbons (Fsp3) is 0.500. The number of hydrogen-bond acceptors (Lipinski definition) is 3. The summed E-state index contributed by atoms with van der Waals surface area (Å²) in [5, 5.41) is 7.89. The zero-order chi connectivity index (χ0) is 15.7. The van der Waals surface area contributed by atoms with Gasteiger partial charge < -0.3 is 9.47 Å². The minimum absolute atomic E-state index is 0.166. The molecule has 0 fully saturated rings. The minimum Gasteiger partial charge on any atom is -0.493 e. The highest BCUT2D eigenvalue weighted by Gasteiger charge is 2.31. The molecule has 1 aliphatic rings. The van der Waals surface area contributed by atoms with Gasteiger partial charge in [0.25, 0.3) is 0 Å². The number of ether oxygens (including phenoxy) is 2.